The van der Waals surface area contributed by atoms with Gasteiger partial charge in [0, 0.05) is 25.8 Å². The van der Waals surface area contributed by atoms with E-state index in [1.807, 2.05) is 0 Å². The minimum atomic E-state index is -0.699. The van der Waals surface area contributed by atoms with E-state index in [2.05, 4.69) is 5.32 Å². The first-order valence-electron chi connectivity index (χ1n) is 7.72. The monoisotopic (exact) mass is 354 g/mol. The van der Waals surface area contributed by atoms with Gasteiger partial charge in [-0.05, 0) is 0 Å². The molecule has 0 aromatic carbocycles. The van der Waals surface area contributed by atoms with Gasteiger partial charge in [-0.3, -0.25) is 10.1 Å². The average molecular weight is 354 g/mol. The molecule has 0 aromatic heterocycles. The van der Waals surface area contributed by atoms with Crippen LogP contribution < -0.4 is 11.1 Å². The molecule has 0 fully saturated rings. The first-order valence-corrected chi connectivity index (χ1v) is 8.71. The Labute approximate surface area is 142 Å². The third-order valence-corrected chi connectivity index (χ3v) is 3.34. The predicted octanol–water partition coefficient (Wildman–Crippen LogP) is -0.801. The SMILES string of the molecule is CC(=O)SCC(O)NCCOCCOCCOCCOCCN. The summed E-state index contributed by atoms with van der Waals surface area (Å²) in [6, 6.07) is 0. The van der Waals surface area contributed by atoms with Gasteiger partial charge in [-0.15, -0.1) is 0 Å². The standard InChI is InChI=1S/C14H30N2O6S/c1-13(17)23-12-14(18)16-3-5-20-7-9-22-11-10-21-8-6-19-4-2-15/h14,16,18H,2-12,15H2,1H3. The molecule has 9 heteroatoms. The molecule has 0 amide bonds. The van der Waals surface area contributed by atoms with Crippen molar-refractivity contribution in [3.05, 3.63) is 0 Å². The summed E-state index contributed by atoms with van der Waals surface area (Å²) < 4.78 is 21.1. The molecule has 138 valence electrons. The minimum Gasteiger partial charge on any atom is -0.378 e. The molecule has 8 nitrogen and oxygen atoms in total. The molecular formula is C14H30N2O6S. The molecule has 0 bridgehead atoms. The van der Waals surface area contributed by atoms with E-state index in [0.29, 0.717) is 71.7 Å². The summed E-state index contributed by atoms with van der Waals surface area (Å²) in [5, 5.41) is 12.3. The first-order chi connectivity index (χ1) is 11.2. The number of nitrogens with one attached hydrogen (secondary N) is 1. The highest BCUT2D eigenvalue weighted by Gasteiger charge is 2.04. The second-order valence-electron chi connectivity index (χ2n) is 4.51. The molecule has 0 saturated carbocycles. The van der Waals surface area contributed by atoms with Crippen LogP contribution in [0.5, 0.6) is 0 Å². The number of aliphatic hydroxyl groups is 1. The summed E-state index contributed by atoms with van der Waals surface area (Å²) in [7, 11) is 0. The maximum atomic E-state index is 10.7. The number of ether oxygens (including phenoxy) is 4. The van der Waals surface area contributed by atoms with E-state index in [4.69, 9.17) is 24.7 Å². The fourth-order valence-electron chi connectivity index (χ4n) is 1.40. The van der Waals surface area contributed by atoms with Crippen LogP contribution in [-0.2, 0) is 23.7 Å². The zero-order valence-electron chi connectivity index (χ0n) is 13.8. The number of hydrogen-bond donors (Lipinski definition) is 3. The molecule has 0 aromatic rings. The van der Waals surface area contributed by atoms with Crippen LogP contribution in [0.15, 0.2) is 0 Å². The lowest BCUT2D eigenvalue weighted by Crippen LogP contribution is -2.34. The Kier molecular flexibility index (Phi) is 17.9. The van der Waals surface area contributed by atoms with E-state index in [0.717, 1.165) is 11.8 Å². The molecule has 0 radical (unpaired) electrons. The lowest BCUT2D eigenvalue weighted by molar-refractivity contribution is -0.109. The van der Waals surface area contributed by atoms with Crippen LogP contribution in [0.3, 0.4) is 0 Å². The van der Waals surface area contributed by atoms with Crippen molar-refractivity contribution in [1.29, 1.82) is 0 Å². The smallest absolute Gasteiger partial charge is 0.186 e. The van der Waals surface area contributed by atoms with Crippen LogP contribution in [0.1, 0.15) is 6.92 Å². The van der Waals surface area contributed by atoms with Crippen molar-refractivity contribution >= 4 is 16.9 Å². The van der Waals surface area contributed by atoms with Crippen molar-refractivity contribution in [2.24, 2.45) is 5.73 Å². The van der Waals surface area contributed by atoms with Gasteiger partial charge >= 0.3 is 0 Å². The topological polar surface area (TPSA) is 112 Å². The van der Waals surface area contributed by atoms with Gasteiger partial charge in [0.1, 0.15) is 6.23 Å². The van der Waals surface area contributed by atoms with Crippen LogP contribution in [0, 0.1) is 0 Å². The molecule has 0 spiro atoms. The van der Waals surface area contributed by atoms with Gasteiger partial charge in [-0.25, -0.2) is 0 Å². The number of rotatable bonds is 17. The molecule has 0 rings (SSSR count). The van der Waals surface area contributed by atoms with Gasteiger partial charge in [0.2, 0.25) is 0 Å². The quantitative estimate of drug-likeness (QED) is 0.228. The van der Waals surface area contributed by atoms with Crippen molar-refractivity contribution in [3.63, 3.8) is 0 Å². The van der Waals surface area contributed by atoms with Gasteiger partial charge < -0.3 is 29.8 Å². The molecule has 0 aliphatic carbocycles. The molecule has 23 heavy (non-hydrogen) atoms. The first kappa shape index (κ1) is 22.7. The number of aliphatic hydroxyl groups excluding tert-OH is 1. The van der Waals surface area contributed by atoms with E-state index in [1.54, 1.807) is 0 Å². The number of hydrogen-bond acceptors (Lipinski definition) is 9. The Morgan fingerprint density at radius 2 is 1.48 bits per heavy atom. The summed E-state index contributed by atoms with van der Waals surface area (Å²) in [6.45, 7) is 6.64. The van der Waals surface area contributed by atoms with E-state index in [1.165, 1.54) is 6.92 Å². The fourth-order valence-corrected chi connectivity index (χ4v) is 1.91. The maximum Gasteiger partial charge on any atom is 0.186 e. The summed E-state index contributed by atoms with van der Waals surface area (Å²) >= 11 is 1.09. The van der Waals surface area contributed by atoms with Gasteiger partial charge in [-0.1, -0.05) is 11.8 Å². The van der Waals surface area contributed by atoms with Crippen molar-refractivity contribution in [1.82, 2.24) is 5.32 Å². The minimum absolute atomic E-state index is 0.00804. The summed E-state index contributed by atoms with van der Waals surface area (Å²) in [6.07, 6.45) is -0.699. The second kappa shape index (κ2) is 18.1. The van der Waals surface area contributed by atoms with Crippen LogP contribution in [0.25, 0.3) is 0 Å². The molecule has 0 saturated heterocycles. The zero-order chi connectivity index (χ0) is 17.2. The molecular weight excluding hydrogens is 324 g/mol. The van der Waals surface area contributed by atoms with E-state index < -0.39 is 6.23 Å². The molecule has 0 aliphatic rings. The Hall–Kier alpha value is -0.260. The van der Waals surface area contributed by atoms with E-state index in [9.17, 15) is 9.90 Å². The molecule has 1 atom stereocenters. The van der Waals surface area contributed by atoms with Crippen molar-refractivity contribution in [2.45, 2.75) is 13.2 Å². The predicted molar refractivity (Wildman–Crippen MR) is 89.5 cm³/mol. The summed E-state index contributed by atoms with van der Waals surface area (Å²) in [5.41, 5.74) is 5.28. The Morgan fingerprint density at radius 1 is 1.00 bits per heavy atom. The van der Waals surface area contributed by atoms with E-state index >= 15 is 0 Å². The van der Waals surface area contributed by atoms with Crippen molar-refractivity contribution in [3.8, 4) is 0 Å². The molecule has 4 N–H and O–H groups in total. The van der Waals surface area contributed by atoms with E-state index in [-0.39, 0.29) is 5.12 Å². The molecule has 1 unspecified atom stereocenters. The lowest BCUT2D eigenvalue weighted by Gasteiger charge is -2.11. The van der Waals surface area contributed by atoms with Gasteiger partial charge in [-0.2, -0.15) is 0 Å². The number of nitrogens with two attached hydrogens (primary N) is 1. The van der Waals surface area contributed by atoms with Gasteiger partial charge in [0.25, 0.3) is 0 Å². The number of carbonyl (C=O) groups excluding carboxylic acids is 1. The summed E-state index contributed by atoms with van der Waals surface area (Å²) in [5.74, 6) is 0.343. The number of thioether (sulfide) groups is 1. The van der Waals surface area contributed by atoms with Gasteiger partial charge in [0.15, 0.2) is 5.12 Å². The lowest BCUT2D eigenvalue weighted by atomic mass is 10.6. The highest BCUT2D eigenvalue weighted by molar-refractivity contribution is 8.13. The Morgan fingerprint density at radius 3 is 1.96 bits per heavy atom. The van der Waals surface area contributed by atoms with Crippen LogP contribution >= 0.6 is 11.8 Å². The van der Waals surface area contributed by atoms with Crippen LogP contribution in [0.2, 0.25) is 0 Å². The Bertz CT molecular complexity index is 274. The highest BCUT2D eigenvalue weighted by atomic mass is 32.2. The molecule has 0 heterocycles. The average Bonchev–Trinajstić information content (AvgIpc) is 2.53. The Balaban J connectivity index is 3.09. The van der Waals surface area contributed by atoms with Crippen LogP contribution in [-0.4, -0.2) is 88.1 Å². The highest BCUT2D eigenvalue weighted by Crippen LogP contribution is 2.01. The third kappa shape index (κ3) is 19.7. The largest absolute Gasteiger partial charge is 0.378 e. The van der Waals surface area contributed by atoms with Crippen LogP contribution in [0.4, 0.5) is 0 Å². The fraction of sp³-hybridized carbons (Fsp3) is 0.929. The zero-order valence-corrected chi connectivity index (χ0v) is 14.6. The molecule has 0 aliphatic heterocycles. The van der Waals surface area contributed by atoms with Gasteiger partial charge in [0.05, 0.1) is 52.9 Å². The second-order valence-corrected chi connectivity index (χ2v) is 5.71. The number of carbonyl (C=O) groups is 1. The third-order valence-electron chi connectivity index (χ3n) is 2.45. The summed E-state index contributed by atoms with van der Waals surface area (Å²) in [4.78, 5) is 10.7. The van der Waals surface area contributed by atoms with Crippen molar-refractivity contribution in [2.75, 3.05) is 71.7 Å². The van der Waals surface area contributed by atoms with Crippen molar-refractivity contribution < 1.29 is 28.8 Å². The maximum absolute atomic E-state index is 10.7. The normalized spacial score (nSPS) is 12.5.